The number of rotatable bonds is 1. The Kier molecular flexibility index (Phi) is 3.43. The highest BCUT2D eigenvalue weighted by Gasteiger charge is 2.38. The summed E-state index contributed by atoms with van der Waals surface area (Å²) in [5.41, 5.74) is 0.696. The van der Waals surface area contributed by atoms with Crippen LogP contribution in [0.4, 0.5) is 0 Å². The third kappa shape index (κ3) is 2.27. The fraction of sp³-hybridized carbons (Fsp3) is 0.0417. The van der Waals surface area contributed by atoms with Gasteiger partial charge in [0, 0.05) is 6.20 Å². The van der Waals surface area contributed by atoms with E-state index in [0.717, 1.165) is 0 Å². The summed E-state index contributed by atoms with van der Waals surface area (Å²) < 4.78 is 17.4. The lowest BCUT2D eigenvalue weighted by Crippen LogP contribution is -2.26. The van der Waals surface area contributed by atoms with E-state index in [-0.39, 0.29) is 11.1 Å². The van der Waals surface area contributed by atoms with Gasteiger partial charge in [-0.15, -0.1) is 0 Å². The zero-order valence-corrected chi connectivity index (χ0v) is 15.5. The maximum absolute atomic E-state index is 13.0. The Bertz CT molecular complexity index is 1470. The van der Waals surface area contributed by atoms with Crippen LogP contribution in [0.25, 0.3) is 21.9 Å². The van der Waals surface area contributed by atoms with Crippen LogP contribution in [0, 0.1) is 0 Å². The molecule has 30 heavy (non-hydrogen) atoms. The summed E-state index contributed by atoms with van der Waals surface area (Å²) in [5.74, 6) is -0.0202. The van der Waals surface area contributed by atoms with Gasteiger partial charge in [-0.05, 0) is 36.4 Å². The molecule has 0 unspecified atom stereocenters. The van der Waals surface area contributed by atoms with Gasteiger partial charge in [-0.1, -0.05) is 30.3 Å². The van der Waals surface area contributed by atoms with Crippen LogP contribution in [0.2, 0.25) is 0 Å². The molecule has 0 saturated heterocycles. The molecule has 6 nitrogen and oxygen atoms in total. The molecule has 6 heteroatoms. The Hall–Kier alpha value is -4.19. The highest BCUT2D eigenvalue weighted by molar-refractivity contribution is 5.90. The summed E-state index contributed by atoms with van der Waals surface area (Å²) in [5, 5.41) is 1.30. The number of nitrogens with zero attached hydrogens (tertiary/aromatic N) is 1. The van der Waals surface area contributed by atoms with E-state index >= 15 is 0 Å². The van der Waals surface area contributed by atoms with Crippen LogP contribution >= 0.6 is 0 Å². The standard InChI is InChI=1S/C24H13NO5/c26-23-19-18(15-9-5-6-12-25-15)20-22(14-8-2-4-11-17(14)29-24(20)27)30-21(19)13-7-1-3-10-16(13)28-23/h1-12,18H. The van der Waals surface area contributed by atoms with Crippen molar-refractivity contribution in [3.05, 3.63) is 111 Å². The van der Waals surface area contributed by atoms with Crippen LogP contribution < -0.4 is 16.0 Å². The van der Waals surface area contributed by atoms with Crippen LogP contribution in [0.15, 0.2) is 91.4 Å². The number of hydrogen-bond acceptors (Lipinski definition) is 6. The molecule has 3 aromatic heterocycles. The first kappa shape index (κ1) is 16.7. The zero-order chi connectivity index (χ0) is 20.2. The first-order valence-electron chi connectivity index (χ1n) is 9.42. The Morgan fingerprint density at radius 3 is 1.73 bits per heavy atom. The van der Waals surface area contributed by atoms with Gasteiger partial charge in [0.15, 0.2) is 0 Å². The minimum absolute atomic E-state index is 0.238. The van der Waals surface area contributed by atoms with E-state index in [1.807, 2.05) is 30.3 Å². The predicted molar refractivity (Wildman–Crippen MR) is 110 cm³/mol. The van der Waals surface area contributed by atoms with Crippen LogP contribution in [-0.2, 0) is 0 Å². The molecule has 1 aliphatic heterocycles. The molecule has 0 amide bonds. The largest absolute Gasteiger partial charge is 0.455 e. The van der Waals surface area contributed by atoms with Gasteiger partial charge in [0.05, 0.1) is 33.5 Å². The van der Waals surface area contributed by atoms with Gasteiger partial charge in [-0.25, -0.2) is 9.59 Å². The van der Waals surface area contributed by atoms with Gasteiger partial charge in [-0.2, -0.15) is 0 Å². The average Bonchev–Trinajstić information content (AvgIpc) is 2.78. The van der Waals surface area contributed by atoms with E-state index < -0.39 is 17.2 Å². The smallest absolute Gasteiger partial charge is 0.344 e. The van der Waals surface area contributed by atoms with Crippen LogP contribution in [-0.4, -0.2) is 4.98 Å². The van der Waals surface area contributed by atoms with E-state index in [9.17, 15) is 9.59 Å². The molecule has 0 radical (unpaired) electrons. The molecule has 4 heterocycles. The zero-order valence-electron chi connectivity index (χ0n) is 15.5. The summed E-state index contributed by atoms with van der Waals surface area (Å²) in [6, 6.07) is 19.7. The molecule has 0 aliphatic carbocycles. The summed E-state index contributed by atoms with van der Waals surface area (Å²) in [4.78, 5) is 30.5. The predicted octanol–water partition coefficient (Wildman–Crippen LogP) is 4.58. The highest BCUT2D eigenvalue weighted by atomic mass is 16.5. The van der Waals surface area contributed by atoms with Crippen molar-refractivity contribution >= 4 is 21.9 Å². The molecular formula is C24H13NO5. The van der Waals surface area contributed by atoms with Gasteiger partial charge in [-0.3, -0.25) is 4.98 Å². The van der Waals surface area contributed by atoms with Gasteiger partial charge in [0.1, 0.15) is 22.7 Å². The van der Waals surface area contributed by atoms with E-state index in [1.165, 1.54) is 0 Å². The summed E-state index contributed by atoms with van der Waals surface area (Å²) in [6.45, 7) is 0. The minimum Gasteiger partial charge on any atom is -0.455 e. The van der Waals surface area contributed by atoms with E-state index in [4.69, 9.17) is 13.6 Å². The van der Waals surface area contributed by atoms with Crippen molar-refractivity contribution in [1.82, 2.24) is 4.98 Å². The third-order valence-corrected chi connectivity index (χ3v) is 5.36. The van der Waals surface area contributed by atoms with Crippen molar-refractivity contribution in [2.45, 2.75) is 5.92 Å². The van der Waals surface area contributed by atoms with Crippen LogP contribution in [0.5, 0.6) is 11.5 Å². The third-order valence-electron chi connectivity index (χ3n) is 5.36. The van der Waals surface area contributed by atoms with E-state index in [0.29, 0.717) is 39.1 Å². The van der Waals surface area contributed by atoms with Crippen molar-refractivity contribution in [2.24, 2.45) is 0 Å². The second-order valence-electron chi connectivity index (χ2n) is 7.05. The Labute approximate surface area is 169 Å². The minimum atomic E-state index is -0.772. The topological polar surface area (TPSA) is 82.5 Å². The lowest BCUT2D eigenvalue weighted by atomic mass is 9.85. The average molecular weight is 395 g/mol. The molecule has 0 N–H and O–H groups in total. The highest BCUT2D eigenvalue weighted by Crippen LogP contribution is 2.48. The molecule has 0 fully saturated rings. The van der Waals surface area contributed by atoms with E-state index in [2.05, 4.69) is 4.98 Å². The first-order valence-corrected chi connectivity index (χ1v) is 9.42. The molecule has 0 saturated carbocycles. The van der Waals surface area contributed by atoms with Gasteiger partial charge >= 0.3 is 11.3 Å². The van der Waals surface area contributed by atoms with E-state index in [1.54, 1.807) is 42.6 Å². The van der Waals surface area contributed by atoms with Gasteiger partial charge in [0.25, 0.3) is 0 Å². The Morgan fingerprint density at radius 2 is 1.20 bits per heavy atom. The number of fused-ring (bicyclic) bond motifs is 6. The lowest BCUT2D eigenvalue weighted by molar-refractivity contribution is 0.427. The SMILES string of the molecule is O=c1oc2ccccc2c2c1C(c1ccccn1)c1c(c3ccccc3oc1=O)O2. The van der Waals surface area contributed by atoms with Crippen LogP contribution in [0.1, 0.15) is 22.7 Å². The monoisotopic (exact) mass is 395 g/mol. The van der Waals surface area contributed by atoms with Crippen molar-refractivity contribution in [3.8, 4) is 11.5 Å². The number of pyridine rings is 1. The number of para-hydroxylation sites is 2. The van der Waals surface area contributed by atoms with Gasteiger partial charge < -0.3 is 13.6 Å². The maximum Gasteiger partial charge on any atom is 0.344 e. The van der Waals surface area contributed by atoms with Gasteiger partial charge in [0.2, 0.25) is 0 Å². The molecule has 1 aliphatic rings. The van der Waals surface area contributed by atoms with Crippen molar-refractivity contribution in [1.29, 1.82) is 0 Å². The lowest BCUT2D eigenvalue weighted by Gasteiger charge is -2.27. The molecule has 5 aromatic rings. The molecule has 144 valence electrons. The fourth-order valence-electron chi connectivity index (χ4n) is 4.08. The summed E-state index contributed by atoms with van der Waals surface area (Å²) >= 11 is 0. The van der Waals surface area contributed by atoms with Crippen LogP contribution in [0.3, 0.4) is 0 Å². The first-order chi connectivity index (χ1) is 14.7. The number of hydrogen-bond donors (Lipinski definition) is 0. The normalized spacial score (nSPS) is 13.1. The van der Waals surface area contributed by atoms with Crippen molar-refractivity contribution in [3.63, 3.8) is 0 Å². The quantitative estimate of drug-likeness (QED) is 0.379. The van der Waals surface area contributed by atoms with Crippen molar-refractivity contribution < 1.29 is 13.6 Å². The Balaban J connectivity index is 1.81. The molecule has 0 bridgehead atoms. The molecule has 0 atom stereocenters. The molecular weight excluding hydrogens is 382 g/mol. The van der Waals surface area contributed by atoms with Crippen molar-refractivity contribution in [2.75, 3.05) is 0 Å². The summed E-state index contributed by atoms with van der Waals surface area (Å²) in [7, 11) is 0. The number of aromatic nitrogens is 1. The molecule has 0 spiro atoms. The molecule has 2 aromatic carbocycles. The molecule has 6 rings (SSSR count). The Morgan fingerprint density at radius 1 is 0.667 bits per heavy atom. The summed E-state index contributed by atoms with van der Waals surface area (Å²) in [6.07, 6.45) is 1.62. The number of ether oxygens (including phenoxy) is 1. The second-order valence-corrected chi connectivity index (χ2v) is 7.05. The maximum atomic E-state index is 13.0. The fourth-order valence-corrected chi connectivity index (χ4v) is 4.08. The number of benzene rings is 2. The second kappa shape index (κ2) is 6.15.